The largest absolute Gasteiger partial charge is 0.343 e. The van der Waals surface area contributed by atoms with Crippen LogP contribution in [0.1, 0.15) is 90.1 Å². The number of nitrogens with zero attached hydrogens (tertiary/aromatic N) is 2. The van der Waals surface area contributed by atoms with Crippen LogP contribution in [0.4, 0.5) is 0 Å². The summed E-state index contributed by atoms with van der Waals surface area (Å²) >= 11 is 0. The van der Waals surface area contributed by atoms with Gasteiger partial charge in [0, 0.05) is 33.0 Å². The van der Waals surface area contributed by atoms with E-state index in [1.807, 2.05) is 6.79 Å². The lowest BCUT2D eigenvalue weighted by molar-refractivity contribution is -0.134. The van der Waals surface area contributed by atoms with Crippen molar-refractivity contribution in [1.29, 1.82) is 0 Å². The fraction of sp³-hybridized carbons (Fsp3) is 0.690. The summed E-state index contributed by atoms with van der Waals surface area (Å²) in [5.41, 5.74) is 2.66. The summed E-state index contributed by atoms with van der Waals surface area (Å²) in [6.45, 7) is 10.3. The van der Waals surface area contributed by atoms with Crippen LogP contribution < -0.4 is 0 Å². The van der Waals surface area contributed by atoms with E-state index >= 15 is 0 Å². The van der Waals surface area contributed by atoms with Crippen LogP contribution in [0, 0.1) is 25.7 Å². The maximum absolute atomic E-state index is 12.5. The molecule has 4 rings (SSSR count). The van der Waals surface area contributed by atoms with E-state index in [9.17, 15) is 9.59 Å². The number of likely N-dealkylation sites (tertiary alicyclic amines) is 2. The summed E-state index contributed by atoms with van der Waals surface area (Å²) in [5.74, 6) is 1.87. The van der Waals surface area contributed by atoms with Gasteiger partial charge in [-0.15, -0.1) is 0 Å². The number of hydrogen-bond acceptors (Lipinski definition) is 3. The number of carbonyl (C=O) groups is 3. The minimum atomic E-state index is 0. The monoisotopic (exact) mass is 472 g/mol. The van der Waals surface area contributed by atoms with Crippen molar-refractivity contribution in [3.8, 4) is 0 Å². The van der Waals surface area contributed by atoms with Gasteiger partial charge in [-0.2, -0.15) is 0 Å². The van der Waals surface area contributed by atoms with Gasteiger partial charge in [0.1, 0.15) is 6.79 Å². The predicted molar refractivity (Wildman–Crippen MR) is 141 cm³/mol. The van der Waals surface area contributed by atoms with Gasteiger partial charge in [-0.05, 0) is 77.0 Å². The van der Waals surface area contributed by atoms with Gasteiger partial charge in [0.25, 0.3) is 0 Å². The van der Waals surface area contributed by atoms with Crippen LogP contribution in [0.25, 0.3) is 0 Å². The Balaban J connectivity index is 0.000000471. The van der Waals surface area contributed by atoms with Gasteiger partial charge >= 0.3 is 0 Å². The zero-order valence-electron chi connectivity index (χ0n) is 21.7. The standard InChI is InChI=1S/C20H34N2O2.C8H10.CH2O.H2/c1-2-4-16-11-13-21(14-12-16)20(24)10-9-18-5-3-6-19(17-7-8-17)22(18)15-23;1-7-3-5-8(2)6-4-7;1-2;/h15-19H,2-14H2,1H3;3-6H,1-2H3;1H2;1H. The molecule has 5 heteroatoms. The van der Waals surface area contributed by atoms with Crippen molar-refractivity contribution >= 4 is 19.1 Å². The predicted octanol–water partition coefficient (Wildman–Crippen LogP) is 5.96. The Morgan fingerprint density at radius 2 is 1.56 bits per heavy atom. The van der Waals surface area contributed by atoms with E-state index in [0.29, 0.717) is 24.4 Å². The molecule has 192 valence electrons. The molecule has 1 aromatic carbocycles. The highest BCUT2D eigenvalue weighted by Crippen LogP contribution is 2.41. The molecule has 0 spiro atoms. The molecule has 3 aliphatic rings. The van der Waals surface area contributed by atoms with E-state index in [1.165, 1.54) is 62.5 Å². The summed E-state index contributed by atoms with van der Waals surface area (Å²) in [7, 11) is 0. The number of aryl methyl sites for hydroxylation is 2. The van der Waals surface area contributed by atoms with Crippen LogP contribution in [-0.2, 0) is 14.4 Å². The third-order valence-electron chi connectivity index (χ3n) is 7.70. The molecule has 1 aliphatic carbocycles. The number of benzene rings is 1. The van der Waals surface area contributed by atoms with E-state index in [0.717, 1.165) is 44.2 Å². The number of carbonyl (C=O) groups excluding carboxylic acids is 3. The summed E-state index contributed by atoms with van der Waals surface area (Å²) < 4.78 is 0. The Morgan fingerprint density at radius 3 is 2.06 bits per heavy atom. The SMILES string of the molecule is C=O.CCCC1CCN(C(=O)CCC2CCCC(C3CC3)N2C=O)CC1.Cc1ccc(C)cc1.[HH]. The number of amides is 2. The maximum atomic E-state index is 12.5. The molecule has 1 aromatic rings. The lowest BCUT2D eigenvalue weighted by Gasteiger charge is -2.40. The van der Waals surface area contributed by atoms with Crippen LogP contribution in [0.2, 0.25) is 0 Å². The van der Waals surface area contributed by atoms with Crippen LogP contribution in [0.3, 0.4) is 0 Å². The third-order valence-corrected chi connectivity index (χ3v) is 7.70. The van der Waals surface area contributed by atoms with Crippen molar-refractivity contribution < 1.29 is 15.8 Å². The molecule has 5 nitrogen and oxygen atoms in total. The van der Waals surface area contributed by atoms with Crippen LogP contribution in [-0.4, -0.2) is 54.1 Å². The minimum absolute atomic E-state index is 0. The topological polar surface area (TPSA) is 57.7 Å². The van der Waals surface area contributed by atoms with E-state index in [4.69, 9.17) is 4.79 Å². The smallest absolute Gasteiger partial charge is 0.222 e. The molecule has 2 atom stereocenters. The van der Waals surface area contributed by atoms with Crippen molar-refractivity contribution in [3.05, 3.63) is 35.4 Å². The Bertz CT molecular complexity index is 709. The van der Waals surface area contributed by atoms with Crippen molar-refractivity contribution in [1.82, 2.24) is 9.80 Å². The van der Waals surface area contributed by atoms with Gasteiger partial charge in [-0.1, -0.05) is 55.2 Å². The van der Waals surface area contributed by atoms with Crippen molar-refractivity contribution in [2.75, 3.05) is 13.1 Å². The fourth-order valence-electron chi connectivity index (χ4n) is 5.51. The molecule has 34 heavy (non-hydrogen) atoms. The molecule has 2 heterocycles. The molecule has 2 aliphatic heterocycles. The summed E-state index contributed by atoms with van der Waals surface area (Å²) in [5, 5.41) is 0. The summed E-state index contributed by atoms with van der Waals surface area (Å²) in [4.78, 5) is 36.3. The first kappa shape index (κ1) is 28.1. The molecule has 0 bridgehead atoms. The second-order valence-electron chi connectivity index (χ2n) is 10.3. The summed E-state index contributed by atoms with van der Waals surface area (Å²) in [6, 6.07) is 9.24. The highest BCUT2D eigenvalue weighted by atomic mass is 16.2. The molecule has 0 aromatic heterocycles. The number of rotatable bonds is 7. The Kier molecular flexibility index (Phi) is 12.3. The Hall–Kier alpha value is -2.17. The minimum Gasteiger partial charge on any atom is -0.343 e. The van der Waals surface area contributed by atoms with Gasteiger partial charge in [0.05, 0.1) is 0 Å². The van der Waals surface area contributed by atoms with Crippen LogP contribution in [0.15, 0.2) is 24.3 Å². The van der Waals surface area contributed by atoms with Gasteiger partial charge in [0.2, 0.25) is 12.3 Å². The molecule has 0 N–H and O–H groups in total. The fourth-order valence-corrected chi connectivity index (χ4v) is 5.51. The van der Waals surface area contributed by atoms with Crippen LogP contribution in [0.5, 0.6) is 0 Å². The molecule has 2 saturated heterocycles. The van der Waals surface area contributed by atoms with Gasteiger partial charge in [-0.3, -0.25) is 9.59 Å². The van der Waals surface area contributed by atoms with E-state index in [1.54, 1.807) is 0 Å². The number of hydrogen-bond donors (Lipinski definition) is 0. The second-order valence-corrected chi connectivity index (χ2v) is 10.3. The lowest BCUT2D eigenvalue weighted by atomic mass is 9.90. The van der Waals surface area contributed by atoms with Crippen molar-refractivity contribution in [2.45, 2.75) is 103 Å². The molecular weight excluding hydrogens is 424 g/mol. The van der Waals surface area contributed by atoms with Gasteiger partial charge in [0.15, 0.2) is 0 Å². The Labute approximate surface area is 208 Å². The lowest BCUT2D eigenvalue weighted by Crippen LogP contribution is -2.47. The average Bonchev–Trinajstić information content (AvgIpc) is 3.72. The molecular formula is C29H48N2O3. The first-order valence-electron chi connectivity index (χ1n) is 13.3. The molecule has 2 amide bonds. The van der Waals surface area contributed by atoms with E-state index in [-0.39, 0.29) is 1.43 Å². The first-order chi connectivity index (χ1) is 16.5. The highest BCUT2D eigenvalue weighted by Gasteiger charge is 2.39. The van der Waals surface area contributed by atoms with Crippen molar-refractivity contribution in [3.63, 3.8) is 0 Å². The molecule has 0 radical (unpaired) electrons. The Morgan fingerprint density at radius 1 is 0.971 bits per heavy atom. The number of piperidine rings is 2. The van der Waals surface area contributed by atoms with E-state index < -0.39 is 0 Å². The summed E-state index contributed by atoms with van der Waals surface area (Å²) in [6.07, 6.45) is 13.5. The third kappa shape index (κ3) is 8.88. The highest BCUT2D eigenvalue weighted by molar-refractivity contribution is 5.76. The van der Waals surface area contributed by atoms with Gasteiger partial charge in [-0.25, -0.2) is 0 Å². The molecule has 1 saturated carbocycles. The van der Waals surface area contributed by atoms with Gasteiger partial charge < -0.3 is 14.6 Å². The van der Waals surface area contributed by atoms with Crippen molar-refractivity contribution in [2.24, 2.45) is 11.8 Å². The average molecular weight is 473 g/mol. The second kappa shape index (κ2) is 15.0. The molecule has 2 unspecified atom stereocenters. The zero-order chi connectivity index (χ0) is 24.9. The van der Waals surface area contributed by atoms with E-state index in [2.05, 4.69) is 54.8 Å². The maximum Gasteiger partial charge on any atom is 0.222 e. The molecule has 3 fully saturated rings. The first-order valence-corrected chi connectivity index (χ1v) is 13.3. The zero-order valence-corrected chi connectivity index (χ0v) is 21.7. The normalized spacial score (nSPS) is 22.7. The van der Waals surface area contributed by atoms with Crippen LogP contribution >= 0.6 is 0 Å². The quantitative estimate of drug-likeness (QED) is 0.460.